The van der Waals surface area contributed by atoms with Gasteiger partial charge in [-0.1, -0.05) is 68.3 Å². The number of hydrogen-bond donors (Lipinski definition) is 1. The van der Waals surface area contributed by atoms with Crippen LogP contribution >= 0.6 is 11.6 Å². The molecule has 2 aromatic rings. The van der Waals surface area contributed by atoms with E-state index in [-0.39, 0.29) is 6.04 Å². The molecule has 2 rings (SSSR count). The van der Waals surface area contributed by atoms with Crippen LogP contribution in [-0.2, 0) is 6.42 Å². The SMILES string of the molecule is CCCNC(c1ccc(Cl)cc1)c1cccc(CCC)c1. The summed E-state index contributed by atoms with van der Waals surface area (Å²) in [5.74, 6) is 0. The molecule has 0 amide bonds. The first-order valence-electron chi connectivity index (χ1n) is 7.82. The highest BCUT2D eigenvalue weighted by Crippen LogP contribution is 2.24. The van der Waals surface area contributed by atoms with Gasteiger partial charge in [0, 0.05) is 5.02 Å². The first kappa shape index (κ1) is 16.1. The summed E-state index contributed by atoms with van der Waals surface area (Å²) >= 11 is 6.01. The number of rotatable bonds is 7. The fourth-order valence-corrected chi connectivity index (χ4v) is 2.71. The molecule has 1 N–H and O–H groups in total. The summed E-state index contributed by atoms with van der Waals surface area (Å²) in [6, 6.07) is 17.3. The van der Waals surface area contributed by atoms with Gasteiger partial charge in [-0.3, -0.25) is 0 Å². The molecular formula is C19H24ClN. The third kappa shape index (κ3) is 4.59. The summed E-state index contributed by atoms with van der Waals surface area (Å²) < 4.78 is 0. The zero-order valence-electron chi connectivity index (χ0n) is 12.9. The predicted octanol–water partition coefficient (Wildman–Crippen LogP) is 5.38. The van der Waals surface area contributed by atoms with E-state index in [1.54, 1.807) is 0 Å². The lowest BCUT2D eigenvalue weighted by molar-refractivity contribution is 0.598. The second-order valence-corrected chi connectivity index (χ2v) is 5.87. The van der Waals surface area contributed by atoms with Crippen LogP contribution in [0.25, 0.3) is 0 Å². The molecule has 0 saturated heterocycles. The van der Waals surface area contributed by atoms with Crippen LogP contribution in [-0.4, -0.2) is 6.54 Å². The molecule has 0 radical (unpaired) electrons. The fraction of sp³-hybridized carbons (Fsp3) is 0.368. The summed E-state index contributed by atoms with van der Waals surface area (Å²) in [6.45, 7) is 5.42. The van der Waals surface area contributed by atoms with Gasteiger partial charge in [-0.05, 0) is 48.2 Å². The Kier molecular flexibility index (Phi) is 6.28. The summed E-state index contributed by atoms with van der Waals surface area (Å²) in [5, 5.41) is 4.43. The standard InChI is InChI=1S/C19H24ClN/c1-3-6-15-7-5-8-17(14-15)19(21-13-4-2)16-9-11-18(20)12-10-16/h5,7-12,14,19,21H,3-4,6,13H2,1-2H3. The van der Waals surface area contributed by atoms with Crippen molar-refractivity contribution in [2.45, 2.75) is 39.2 Å². The smallest absolute Gasteiger partial charge is 0.0576 e. The topological polar surface area (TPSA) is 12.0 Å². The number of aryl methyl sites for hydroxylation is 1. The average Bonchev–Trinajstić information content (AvgIpc) is 2.50. The zero-order valence-corrected chi connectivity index (χ0v) is 13.7. The summed E-state index contributed by atoms with van der Waals surface area (Å²) in [7, 11) is 0. The Morgan fingerprint density at radius 2 is 1.71 bits per heavy atom. The maximum absolute atomic E-state index is 6.01. The van der Waals surface area contributed by atoms with E-state index in [9.17, 15) is 0 Å². The minimum atomic E-state index is 0.235. The maximum Gasteiger partial charge on any atom is 0.0576 e. The van der Waals surface area contributed by atoms with Gasteiger partial charge in [-0.2, -0.15) is 0 Å². The predicted molar refractivity (Wildman–Crippen MR) is 92.0 cm³/mol. The highest BCUT2D eigenvalue weighted by atomic mass is 35.5. The van der Waals surface area contributed by atoms with Crippen LogP contribution in [0.4, 0.5) is 0 Å². The molecule has 0 aliphatic carbocycles. The van der Waals surface area contributed by atoms with Crippen LogP contribution in [0.5, 0.6) is 0 Å². The first-order valence-corrected chi connectivity index (χ1v) is 8.20. The summed E-state index contributed by atoms with van der Waals surface area (Å²) in [6.07, 6.45) is 3.44. The number of hydrogen-bond acceptors (Lipinski definition) is 1. The Hall–Kier alpha value is -1.31. The van der Waals surface area contributed by atoms with Crippen LogP contribution in [0.2, 0.25) is 5.02 Å². The van der Waals surface area contributed by atoms with Gasteiger partial charge in [0.2, 0.25) is 0 Å². The van der Waals surface area contributed by atoms with Crippen molar-refractivity contribution in [3.63, 3.8) is 0 Å². The maximum atomic E-state index is 6.01. The van der Waals surface area contributed by atoms with Crippen LogP contribution in [0, 0.1) is 0 Å². The van der Waals surface area contributed by atoms with E-state index >= 15 is 0 Å². The van der Waals surface area contributed by atoms with Crippen LogP contribution in [0.3, 0.4) is 0 Å². The van der Waals surface area contributed by atoms with Crippen molar-refractivity contribution in [3.05, 3.63) is 70.2 Å². The van der Waals surface area contributed by atoms with Gasteiger partial charge in [-0.15, -0.1) is 0 Å². The van der Waals surface area contributed by atoms with Crippen molar-refractivity contribution in [1.82, 2.24) is 5.32 Å². The Labute approximate surface area is 133 Å². The lowest BCUT2D eigenvalue weighted by Crippen LogP contribution is -2.23. The van der Waals surface area contributed by atoms with Crippen molar-refractivity contribution in [2.24, 2.45) is 0 Å². The van der Waals surface area contributed by atoms with Gasteiger partial charge in [0.15, 0.2) is 0 Å². The van der Waals surface area contributed by atoms with Crippen molar-refractivity contribution >= 4 is 11.6 Å². The molecule has 1 atom stereocenters. The van der Waals surface area contributed by atoms with Gasteiger partial charge in [0.25, 0.3) is 0 Å². The van der Waals surface area contributed by atoms with E-state index < -0.39 is 0 Å². The molecular weight excluding hydrogens is 278 g/mol. The monoisotopic (exact) mass is 301 g/mol. The molecule has 0 aliphatic rings. The summed E-state index contributed by atoms with van der Waals surface area (Å²) in [5.41, 5.74) is 4.01. The Balaban J connectivity index is 2.30. The second-order valence-electron chi connectivity index (χ2n) is 5.43. The molecule has 21 heavy (non-hydrogen) atoms. The molecule has 0 bridgehead atoms. The summed E-state index contributed by atoms with van der Waals surface area (Å²) in [4.78, 5) is 0. The largest absolute Gasteiger partial charge is 0.306 e. The molecule has 2 heteroatoms. The molecule has 0 heterocycles. The molecule has 1 unspecified atom stereocenters. The van der Waals surface area contributed by atoms with Crippen LogP contribution in [0.15, 0.2) is 48.5 Å². The van der Waals surface area contributed by atoms with Crippen LogP contribution < -0.4 is 5.32 Å². The molecule has 1 nitrogen and oxygen atoms in total. The quantitative estimate of drug-likeness (QED) is 0.724. The molecule has 0 aliphatic heterocycles. The highest BCUT2D eigenvalue weighted by Gasteiger charge is 2.13. The van der Waals surface area contributed by atoms with E-state index in [1.165, 1.54) is 23.1 Å². The second kappa shape index (κ2) is 8.21. The van der Waals surface area contributed by atoms with E-state index in [1.807, 2.05) is 12.1 Å². The van der Waals surface area contributed by atoms with Gasteiger partial charge >= 0.3 is 0 Å². The Morgan fingerprint density at radius 3 is 2.38 bits per heavy atom. The third-order valence-corrected chi connectivity index (χ3v) is 3.88. The molecule has 112 valence electrons. The molecule has 0 saturated carbocycles. The average molecular weight is 302 g/mol. The van der Waals surface area contributed by atoms with Gasteiger partial charge in [0.1, 0.15) is 0 Å². The van der Waals surface area contributed by atoms with Crippen molar-refractivity contribution in [1.29, 1.82) is 0 Å². The van der Waals surface area contributed by atoms with E-state index in [4.69, 9.17) is 11.6 Å². The van der Waals surface area contributed by atoms with Crippen molar-refractivity contribution < 1.29 is 0 Å². The number of benzene rings is 2. The minimum absolute atomic E-state index is 0.235. The lowest BCUT2D eigenvalue weighted by Gasteiger charge is -2.20. The lowest BCUT2D eigenvalue weighted by atomic mass is 9.96. The van der Waals surface area contributed by atoms with Crippen molar-refractivity contribution in [3.8, 4) is 0 Å². The van der Waals surface area contributed by atoms with E-state index in [0.29, 0.717) is 0 Å². The fourth-order valence-electron chi connectivity index (χ4n) is 2.59. The molecule has 0 fully saturated rings. The molecule has 2 aromatic carbocycles. The van der Waals surface area contributed by atoms with Gasteiger partial charge < -0.3 is 5.32 Å². The van der Waals surface area contributed by atoms with Gasteiger partial charge in [-0.25, -0.2) is 0 Å². The van der Waals surface area contributed by atoms with Gasteiger partial charge in [0.05, 0.1) is 6.04 Å². The molecule has 0 aromatic heterocycles. The Morgan fingerprint density at radius 1 is 0.952 bits per heavy atom. The van der Waals surface area contributed by atoms with Crippen LogP contribution in [0.1, 0.15) is 49.4 Å². The van der Waals surface area contributed by atoms with Crippen molar-refractivity contribution in [2.75, 3.05) is 6.54 Å². The zero-order chi connectivity index (χ0) is 15.1. The normalized spacial score (nSPS) is 12.3. The highest BCUT2D eigenvalue weighted by molar-refractivity contribution is 6.30. The third-order valence-electron chi connectivity index (χ3n) is 3.62. The van der Waals surface area contributed by atoms with E-state index in [0.717, 1.165) is 24.4 Å². The van der Waals surface area contributed by atoms with E-state index in [2.05, 4.69) is 55.6 Å². The molecule has 0 spiro atoms. The minimum Gasteiger partial charge on any atom is -0.306 e. The Bertz CT molecular complexity index is 548. The number of nitrogens with one attached hydrogen (secondary N) is 1. The first-order chi connectivity index (χ1) is 10.2. The number of halogens is 1.